The molecule has 0 bridgehead atoms. The molecule has 8 nitrogen and oxygen atoms in total. The number of ether oxygens (including phenoxy) is 1. The highest BCUT2D eigenvalue weighted by Gasteiger charge is 2.26. The van der Waals surface area contributed by atoms with Crippen molar-refractivity contribution in [2.45, 2.75) is 19.8 Å². The van der Waals surface area contributed by atoms with Gasteiger partial charge in [0.15, 0.2) is 12.1 Å². The molecule has 1 aliphatic rings. The van der Waals surface area contributed by atoms with Gasteiger partial charge in [0.2, 0.25) is 5.88 Å². The average molecular weight is 358 g/mol. The number of amides is 2. The van der Waals surface area contributed by atoms with E-state index in [1.165, 1.54) is 13.5 Å². The fraction of sp³-hybridized carbons (Fsp3) is 0.444. The molecule has 3 rings (SSSR count). The number of hydrogen-bond acceptors (Lipinski definition) is 6. The zero-order valence-electron chi connectivity index (χ0n) is 14.9. The van der Waals surface area contributed by atoms with Crippen molar-refractivity contribution in [3.05, 3.63) is 41.7 Å². The highest BCUT2D eigenvalue weighted by molar-refractivity contribution is 5.94. The number of aromatic nitrogens is 2. The molecule has 0 radical (unpaired) electrons. The molecule has 1 saturated heterocycles. The molecule has 0 unspecified atom stereocenters. The van der Waals surface area contributed by atoms with E-state index in [1.807, 2.05) is 0 Å². The Morgan fingerprint density at radius 2 is 2.12 bits per heavy atom. The highest BCUT2D eigenvalue weighted by Crippen LogP contribution is 2.19. The zero-order chi connectivity index (χ0) is 18.5. The summed E-state index contributed by atoms with van der Waals surface area (Å²) in [7, 11) is 1.51. The molecule has 0 aromatic carbocycles. The Bertz CT molecular complexity index is 781. The van der Waals surface area contributed by atoms with Crippen molar-refractivity contribution < 1.29 is 18.7 Å². The fourth-order valence-electron chi connectivity index (χ4n) is 3.00. The maximum atomic E-state index is 12.4. The molecule has 1 aliphatic heterocycles. The number of carbonyl (C=O) groups is 2. The Morgan fingerprint density at radius 1 is 1.35 bits per heavy atom. The van der Waals surface area contributed by atoms with Crippen LogP contribution in [-0.2, 0) is 0 Å². The van der Waals surface area contributed by atoms with E-state index in [0.717, 1.165) is 12.8 Å². The van der Waals surface area contributed by atoms with Crippen LogP contribution in [0.3, 0.4) is 0 Å². The molecule has 2 aromatic heterocycles. The fourth-order valence-corrected chi connectivity index (χ4v) is 3.00. The topological polar surface area (TPSA) is 97.6 Å². The number of nitrogens with zero attached hydrogens (tertiary/aromatic N) is 3. The Balaban J connectivity index is 1.47. The van der Waals surface area contributed by atoms with E-state index < -0.39 is 0 Å². The van der Waals surface area contributed by atoms with Crippen LogP contribution in [0.2, 0.25) is 0 Å². The zero-order valence-corrected chi connectivity index (χ0v) is 14.9. The minimum absolute atomic E-state index is 0.0948. The number of hydrogen-bond donors (Lipinski definition) is 1. The van der Waals surface area contributed by atoms with Crippen LogP contribution in [0.1, 0.15) is 39.4 Å². The van der Waals surface area contributed by atoms with E-state index in [-0.39, 0.29) is 11.8 Å². The van der Waals surface area contributed by atoms with Crippen molar-refractivity contribution in [2.75, 3.05) is 26.7 Å². The molecule has 1 N–H and O–H groups in total. The molecule has 26 heavy (non-hydrogen) atoms. The molecular formula is C18H22N4O4. The third kappa shape index (κ3) is 4.01. The molecular weight excluding hydrogens is 336 g/mol. The maximum absolute atomic E-state index is 12.4. The summed E-state index contributed by atoms with van der Waals surface area (Å²) < 4.78 is 10.1. The van der Waals surface area contributed by atoms with Gasteiger partial charge in [0.05, 0.1) is 7.11 Å². The molecule has 0 aliphatic carbocycles. The Labute approximate surface area is 151 Å². The average Bonchev–Trinajstić information content (AvgIpc) is 3.12. The number of pyridine rings is 1. The van der Waals surface area contributed by atoms with Crippen LogP contribution in [0.5, 0.6) is 5.88 Å². The first-order chi connectivity index (χ1) is 12.6. The van der Waals surface area contributed by atoms with E-state index in [4.69, 9.17) is 9.15 Å². The van der Waals surface area contributed by atoms with Crippen LogP contribution < -0.4 is 10.1 Å². The summed E-state index contributed by atoms with van der Waals surface area (Å²) in [5, 5.41) is 2.95. The summed E-state index contributed by atoms with van der Waals surface area (Å²) in [5.41, 5.74) is 0.898. The van der Waals surface area contributed by atoms with Gasteiger partial charge in [-0.1, -0.05) is 0 Å². The second-order valence-corrected chi connectivity index (χ2v) is 6.29. The Morgan fingerprint density at radius 3 is 2.77 bits per heavy atom. The highest BCUT2D eigenvalue weighted by atomic mass is 16.5. The van der Waals surface area contributed by atoms with Crippen LogP contribution in [0.15, 0.2) is 29.1 Å². The van der Waals surface area contributed by atoms with Crippen LogP contribution in [0.4, 0.5) is 0 Å². The number of methoxy groups -OCH3 is 1. The number of likely N-dealkylation sites (tertiary alicyclic amines) is 1. The molecule has 8 heteroatoms. The predicted octanol–water partition coefficient (Wildman–Crippen LogP) is 1.67. The van der Waals surface area contributed by atoms with Gasteiger partial charge >= 0.3 is 0 Å². The quantitative estimate of drug-likeness (QED) is 0.873. The van der Waals surface area contributed by atoms with Gasteiger partial charge in [0.25, 0.3) is 11.8 Å². The Hall–Kier alpha value is -2.90. The summed E-state index contributed by atoms with van der Waals surface area (Å²) in [6.07, 6.45) is 4.51. The molecule has 0 spiro atoms. The number of oxazole rings is 1. The minimum atomic E-state index is -0.151. The number of rotatable bonds is 5. The van der Waals surface area contributed by atoms with Crippen molar-refractivity contribution >= 4 is 11.8 Å². The van der Waals surface area contributed by atoms with Gasteiger partial charge in [-0.3, -0.25) is 9.59 Å². The molecule has 0 atom stereocenters. The summed E-state index contributed by atoms with van der Waals surface area (Å²) in [5.74, 6) is 1.04. The predicted molar refractivity (Wildman–Crippen MR) is 93.0 cm³/mol. The van der Waals surface area contributed by atoms with E-state index >= 15 is 0 Å². The van der Waals surface area contributed by atoms with E-state index in [1.54, 1.807) is 30.2 Å². The molecule has 138 valence electrons. The second-order valence-electron chi connectivity index (χ2n) is 6.29. The molecule has 2 aromatic rings. The lowest BCUT2D eigenvalue weighted by Gasteiger charge is -2.31. The summed E-state index contributed by atoms with van der Waals surface area (Å²) >= 11 is 0. The van der Waals surface area contributed by atoms with Gasteiger partial charge in [-0.25, -0.2) is 9.97 Å². The van der Waals surface area contributed by atoms with Crippen molar-refractivity contribution in [3.8, 4) is 5.88 Å². The van der Waals surface area contributed by atoms with Crippen LogP contribution >= 0.6 is 0 Å². The first kappa shape index (κ1) is 17.9. The number of aryl methyl sites for hydroxylation is 1. The number of nitrogens with one attached hydrogen (secondary N) is 1. The third-order valence-electron chi connectivity index (χ3n) is 4.61. The number of carbonyl (C=O) groups excluding carboxylic acids is 2. The van der Waals surface area contributed by atoms with Gasteiger partial charge in [-0.2, -0.15) is 0 Å². The lowest BCUT2D eigenvalue weighted by Crippen LogP contribution is -2.41. The second kappa shape index (κ2) is 7.99. The maximum Gasteiger partial charge on any atom is 0.276 e. The monoisotopic (exact) mass is 358 g/mol. The van der Waals surface area contributed by atoms with Crippen molar-refractivity contribution in [3.63, 3.8) is 0 Å². The van der Waals surface area contributed by atoms with Crippen LogP contribution in [0.25, 0.3) is 0 Å². The van der Waals surface area contributed by atoms with Crippen molar-refractivity contribution in [1.29, 1.82) is 0 Å². The van der Waals surface area contributed by atoms with Gasteiger partial charge in [0.1, 0.15) is 5.76 Å². The molecule has 1 fully saturated rings. The standard InChI is InChI=1S/C18H22N4O4/c1-12-16(21-11-26-12)18(24)22-7-4-13(5-8-22)10-20-17(23)14-3-6-19-15(9-14)25-2/h3,6,9,11,13H,4-5,7-8,10H2,1-2H3,(H,20,23). The van der Waals surface area contributed by atoms with E-state index in [9.17, 15) is 9.59 Å². The van der Waals surface area contributed by atoms with Gasteiger partial charge in [-0.15, -0.1) is 0 Å². The largest absolute Gasteiger partial charge is 0.481 e. The third-order valence-corrected chi connectivity index (χ3v) is 4.61. The number of piperidine rings is 1. The van der Waals surface area contributed by atoms with E-state index in [2.05, 4.69) is 15.3 Å². The van der Waals surface area contributed by atoms with Crippen LogP contribution in [0, 0.1) is 12.8 Å². The van der Waals surface area contributed by atoms with Crippen LogP contribution in [-0.4, -0.2) is 53.4 Å². The summed E-state index contributed by atoms with van der Waals surface area (Å²) in [6, 6.07) is 3.26. The van der Waals surface area contributed by atoms with Crippen molar-refractivity contribution in [1.82, 2.24) is 20.2 Å². The molecule has 0 saturated carbocycles. The van der Waals surface area contributed by atoms with Gasteiger partial charge in [-0.05, 0) is 31.7 Å². The minimum Gasteiger partial charge on any atom is -0.481 e. The first-order valence-electron chi connectivity index (χ1n) is 8.56. The summed E-state index contributed by atoms with van der Waals surface area (Å²) in [4.78, 5) is 34.4. The smallest absolute Gasteiger partial charge is 0.276 e. The summed E-state index contributed by atoms with van der Waals surface area (Å²) in [6.45, 7) is 3.61. The van der Waals surface area contributed by atoms with Gasteiger partial charge in [0, 0.05) is 37.5 Å². The van der Waals surface area contributed by atoms with Gasteiger partial charge < -0.3 is 19.4 Å². The first-order valence-corrected chi connectivity index (χ1v) is 8.56. The molecule has 3 heterocycles. The lowest BCUT2D eigenvalue weighted by molar-refractivity contribution is 0.0677. The SMILES string of the molecule is COc1cc(C(=O)NCC2CCN(C(=O)c3ncoc3C)CC2)ccn1. The molecule has 2 amide bonds. The van der Waals surface area contributed by atoms with E-state index in [0.29, 0.717) is 48.4 Å². The normalized spacial score (nSPS) is 14.9. The van der Waals surface area contributed by atoms with Crippen molar-refractivity contribution in [2.24, 2.45) is 5.92 Å². The lowest BCUT2D eigenvalue weighted by atomic mass is 9.96. The Kier molecular flexibility index (Phi) is 5.50.